The summed E-state index contributed by atoms with van der Waals surface area (Å²) in [5.41, 5.74) is 11.4. The molecule has 11 heteroatoms. The SMILES string of the molecule is COC1=C(OC)C(=O)C(CCCCCCCCCC(=O)N[C@@H](CCCN=C(N)N)C(=O)O)=C(C)C1=O. The maximum atomic E-state index is 12.6. The van der Waals surface area contributed by atoms with E-state index in [1.165, 1.54) is 14.2 Å². The van der Waals surface area contributed by atoms with E-state index in [1.807, 2.05) is 0 Å². The molecule has 1 amide bonds. The predicted octanol–water partition coefficient (Wildman–Crippen LogP) is 2.09. The van der Waals surface area contributed by atoms with Gasteiger partial charge in [0.15, 0.2) is 5.96 Å². The highest BCUT2D eigenvalue weighted by atomic mass is 16.5. The summed E-state index contributed by atoms with van der Waals surface area (Å²) < 4.78 is 10.1. The summed E-state index contributed by atoms with van der Waals surface area (Å²) in [6.45, 7) is 1.95. The molecule has 1 rings (SSSR count). The first kappa shape index (κ1) is 30.7. The number of nitrogens with one attached hydrogen (secondary N) is 1. The van der Waals surface area contributed by atoms with Crippen molar-refractivity contribution in [3.63, 3.8) is 0 Å². The number of allylic oxidation sites excluding steroid dienone is 2. The Hall–Kier alpha value is -3.37. The van der Waals surface area contributed by atoms with Gasteiger partial charge < -0.3 is 31.4 Å². The number of unbranched alkanes of at least 4 members (excludes halogenated alkanes) is 6. The number of hydrogen-bond donors (Lipinski definition) is 4. The summed E-state index contributed by atoms with van der Waals surface area (Å²) in [6.07, 6.45) is 7.69. The van der Waals surface area contributed by atoms with Crippen molar-refractivity contribution in [2.75, 3.05) is 20.8 Å². The molecule has 0 fully saturated rings. The van der Waals surface area contributed by atoms with Crippen LogP contribution in [0.1, 0.15) is 77.6 Å². The highest BCUT2D eigenvalue weighted by Gasteiger charge is 2.34. The van der Waals surface area contributed by atoms with Gasteiger partial charge in [-0.25, -0.2) is 4.79 Å². The van der Waals surface area contributed by atoms with Crippen molar-refractivity contribution >= 4 is 29.4 Å². The van der Waals surface area contributed by atoms with Gasteiger partial charge in [0.25, 0.3) is 0 Å². The van der Waals surface area contributed by atoms with Crippen LogP contribution in [0.3, 0.4) is 0 Å². The molecule has 0 aromatic rings. The van der Waals surface area contributed by atoms with Gasteiger partial charge in [-0.05, 0) is 39.0 Å². The van der Waals surface area contributed by atoms with Gasteiger partial charge in [0.2, 0.25) is 29.0 Å². The number of carboxylic acids is 1. The Kier molecular flexibility index (Phi) is 13.9. The molecule has 0 heterocycles. The Labute approximate surface area is 212 Å². The number of carbonyl (C=O) groups is 4. The number of ketones is 2. The van der Waals surface area contributed by atoms with Crippen molar-refractivity contribution in [1.29, 1.82) is 0 Å². The topological polar surface area (TPSA) is 183 Å². The van der Waals surface area contributed by atoms with Crippen molar-refractivity contribution in [3.8, 4) is 0 Å². The number of methoxy groups -OCH3 is 2. The van der Waals surface area contributed by atoms with E-state index in [2.05, 4.69) is 10.3 Å². The number of Topliss-reactive ketones (excluding diaryl/α,β-unsaturated/α-hetero) is 2. The van der Waals surface area contributed by atoms with Crippen LogP contribution in [-0.4, -0.2) is 61.3 Å². The van der Waals surface area contributed by atoms with Crippen molar-refractivity contribution < 1.29 is 33.8 Å². The lowest BCUT2D eigenvalue weighted by Crippen LogP contribution is -2.40. The van der Waals surface area contributed by atoms with E-state index in [0.717, 1.165) is 38.5 Å². The molecule has 1 atom stereocenters. The average Bonchev–Trinajstić information content (AvgIpc) is 2.83. The van der Waals surface area contributed by atoms with Gasteiger partial charge in [0.05, 0.1) is 14.2 Å². The van der Waals surface area contributed by atoms with Crippen LogP contribution in [0, 0.1) is 0 Å². The van der Waals surface area contributed by atoms with Gasteiger partial charge in [-0.1, -0.05) is 32.1 Å². The quantitative estimate of drug-likeness (QED) is 0.0931. The van der Waals surface area contributed by atoms with Crippen LogP contribution < -0.4 is 16.8 Å². The number of nitrogens with zero attached hydrogens (tertiary/aromatic N) is 1. The second kappa shape index (κ2) is 16.3. The van der Waals surface area contributed by atoms with E-state index in [-0.39, 0.29) is 47.8 Å². The lowest BCUT2D eigenvalue weighted by atomic mass is 9.89. The first-order chi connectivity index (χ1) is 17.1. The molecule has 202 valence electrons. The molecule has 0 aromatic carbocycles. The first-order valence-electron chi connectivity index (χ1n) is 12.3. The number of aliphatic imine (C=N–C) groups is 1. The molecular weight excluding hydrogens is 468 g/mol. The smallest absolute Gasteiger partial charge is 0.326 e. The van der Waals surface area contributed by atoms with Gasteiger partial charge in [-0.3, -0.25) is 19.4 Å². The van der Waals surface area contributed by atoms with Crippen LogP contribution in [0.25, 0.3) is 0 Å². The van der Waals surface area contributed by atoms with Gasteiger partial charge >= 0.3 is 5.97 Å². The average molecular weight is 509 g/mol. The number of rotatable bonds is 18. The summed E-state index contributed by atoms with van der Waals surface area (Å²) in [7, 11) is 2.69. The number of carboxylic acid groups (broad SMARTS) is 1. The number of amides is 1. The minimum Gasteiger partial charge on any atom is -0.489 e. The first-order valence-corrected chi connectivity index (χ1v) is 12.3. The second-order valence-electron chi connectivity index (χ2n) is 8.71. The zero-order valence-corrected chi connectivity index (χ0v) is 21.6. The Morgan fingerprint density at radius 1 is 0.917 bits per heavy atom. The third-order valence-corrected chi connectivity index (χ3v) is 6.00. The van der Waals surface area contributed by atoms with Crippen molar-refractivity contribution in [3.05, 3.63) is 22.7 Å². The van der Waals surface area contributed by atoms with Crippen LogP contribution in [0.5, 0.6) is 0 Å². The molecule has 1 aliphatic rings. The van der Waals surface area contributed by atoms with Gasteiger partial charge in [0.1, 0.15) is 6.04 Å². The van der Waals surface area contributed by atoms with Crippen molar-refractivity contribution in [2.24, 2.45) is 16.5 Å². The Balaban J connectivity index is 2.23. The monoisotopic (exact) mass is 508 g/mol. The summed E-state index contributed by atoms with van der Waals surface area (Å²) in [5.74, 6) is -2.08. The molecule has 0 bridgehead atoms. The van der Waals surface area contributed by atoms with Crippen LogP contribution in [0.2, 0.25) is 0 Å². The summed E-state index contributed by atoms with van der Waals surface area (Å²) in [4.78, 5) is 52.2. The standard InChI is InChI=1S/C25H40N4O7/c1-16-17(21(32)23(36-3)22(35-2)20(16)31)12-9-7-5-4-6-8-10-14-19(30)29-18(24(33)34)13-11-15-28-25(26)27/h18H,4-15H2,1-3H3,(H,29,30)(H,33,34)(H4,26,27,28)/t18-/m0/s1. The zero-order valence-electron chi connectivity index (χ0n) is 21.6. The van der Waals surface area contributed by atoms with E-state index in [4.69, 9.17) is 20.9 Å². The molecule has 0 saturated heterocycles. The molecule has 0 spiro atoms. The Bertz CT molecular complexity index is 889. The molecule has 0 unspecified atom stereocenters. The van der Waals surface area contributed by atoms with Crippen molar-refractivity contribution in [1.82, 2.24) is 5.32 Å². The van der Waals surface area contributed by atoms with Gasteiger partial charge in [-0.2, -0.15) is 0 Å². The van der Waals surface area contributed by atoms with Crippen LogP contribution >= 0.6 is 0 Å². The minimum absolute atomic E-state index is 0.0345. The van der Waals surface area contributed by atoms with E-state index < -0.39 is 12.0 Å². The number of nitrogens with two attached hydrogens (primary N) is 2. The van der Waals surface area contributed by atoms with E-state index in [1.54, 1.807) is 6.92 Å². The Morgan fingerprint density at radius 3 is 2.03 bits per heavy atom. The third kappa shape index (κ3) is 10.1. The molecule has 0 aliphatic heterocycles. The number of carbonyl (C=O) groups excluding carboxylic acids is 3. The number of aliphatic carboxylic acids is 1. The van der Waals surface area contributed by atoms with Crippen LogP contribution in [0.4, 0.5) is 0 Å². The molecule has 0 radical (unpaired) electrons. The summed E-state index contributed by atoms with van der Waals surface area (Å²) in [5, 5.41) is 11.8. The second-order valence-corrected chi connectivity index (χ2v) is 8.71. The number of hydrogen-bond acceptors (Lipinski definition) is 7. The highest BCUT2D eigenvalue weighted by molar-refractivity contribution is 6.23. The molecule has 6 N–H and O–H groups in total. The lowest BCUT2D eigenvalue weighted by Gasteiger charge is -2.20. The molecule has 0 aromatic heterocycles. The maximum absolute atomic E-state index is 12.6. The third-order valence-electron chi connectivity index (χ3n) is 6.00. The fourth-order valence-electron chi connectivity index (χ4n) is 3.99. The summed E-state index contributed by atoms with van der Waals surface area (Å²) >= 11 is 0. The molecule has 0 saturated carbocycles. The van der Waals surface area contributed by atoms with Gasteiger partial charge in [-0.15, -0.1) is 0 Å². The van der Waals surface area contributed by atoms with Crippen LogP contribution in [0.15, 0.2) is 27.7 Å². The van der Waals surface area contributed by atoms with E-state index >= 15 is 0 Å². The van der Waals surface area contributed by atoms with E-state index in [0.29, 0.717) is 37.0 Å². The lowest BCUT2D eigenvalue weighted by molar-refractivity contribution is -0.142. The number of guanidine groups is 1. The fraction of sp³-hybridized carbons (Fsp3) is 0.640. The minimum atomic E-state index is -1.08. The summed E-state index contributed by atoms with van der Waals surface area (Å²) in [6, 6.07) is -0.951. The van der Waals surface area contributed by atoms with Crippen molar-refractivity contribution in [2.45, 2.75) is 83.6 Å². The molecule has 11 nitrogen and oxygen atoms in total. The normalized spacial score (nSPS) is 14.5. The molecular formula is C25H40N4O7. The van der Waals surface area contributed by atoms with Crippen LogP contribution in [-0.2, 0) is 28.7 Å². The molecule has 1 aliphatic carbocycles. The fourth-order valence-corrected chi connectivity index (χ4v) is 3.99. The maximum Gasteiger partial charge on any atom is 0.326 e. The predicted molar refractivity (Wildman–Crippen MR) is 135 cm³/mol. The Morgan fingerprint density at radius 2 is 1.47 bits per heavy atom. The van der Waals surface area contributed by atoms with E-state index in [9.17, 15) is 24.3 Å². The zero-order chi connectivity index (χ0) is 27.1. The van der Waals surface area contributed by atoms with Gasteiger partial charge in [0, 0.05) is 24.1 Å². The largest absolute Gasteiger partial charge is 0.489 e. The molecule has 36 heavy (non-hydrogen) atoms. The number of ether oxygens (including phenoxy) is 2. The highest BCUT2D eigenvalue weighted by Crippen LogP contribution is 2.28.